The topological polar surface area (TPSA) is 81.1 Å². The van der Waals surface area contributed by atoms with Gasteiger partial charge < -0.3 is 15.5 Å². The Morgan fingerprint density at radius 2 is 1.63 bits per heavy atom. The molecular weight excluding hydrogens is 441 g/mol. The number of nitrogens with two attached hydrogens (primary N) is 1. The van der Waals surface area contributed by atoms with Crippen LogP contribution in [0.1, 0.15) is 27.2 Å². The molecule has 0 saturated carbocycles. The van der Waals surface area contributed by atoms with Gasteiger partial charge in [-0.25, -0.2) is 9.37 Å². The number of aryl methyl sites for hydroxylation is 2. The Morgan fingerprint density at radius 1 is 0.914 bits per heavy atom. The molecule has 0 aliphatic rings. The lowest BCUT2D eigenvalue weighted by atomic mass is 9.97. The molecular formula is C29H22FN3O2. The molecule has 5 nitrogen and oxygen atoms in total. The van der Waals surface area contributed by atoms with Crippen molar-refractivity contribution in [3.05, 3.63) is 94.9 Å². The number of pyridine rings is 1. The fourth-order valence-electron chi connectivity index (χ4n) is 4.89. The SMILES string of the molecule is Cc1cc(N)nc(C)c1CNC(=O)c1ccc2c(c1)c1oc2c2ccc(-c3cccc(F)c3)cc21. The summed E-state index contributed by atoms with van der Waals surface area (Å²) in [7, 11) is 0. The first-order valence-electron chi connectivity index (χ1n) is 11.4. The summed E-state index contributed by atoms with van der Waals surface area (Å²) in [6.45, 7) is 4.21. The van der Waals surface area contributed by atoms with E-state index >= 15 is 0 Å². The quantitative estimate of drug-likeness (QED) is 0.292. The fraction of sp³-hybridized carbons (Fsp3) is 0.103. The smallest absolute Gasteiger partial charge is 0.251 e. The van der Waals surface area contributed by atoms with Gasteiger partial charge in [-0.05, 0) is 84.6 Å². The molecule has 3 heterocycles. The van der Waals surface area contributed by atoms with Gasteiger partial charge in [-0.1, -0.05) is 18.2 Å². The Morgan fingerprint density at radius 3 is 2.40 bits per heavy atom. The van der Waals surface area contributed by atoms with Gasteiger partial charge in [-0.15, -0.1) is 0 Å². The van der Waals surface area contributed by atoms with Gasteiger partial charge in [0, 0.05) is 39.3 Å². The van der Waals surface area contributed by atoms with E-state index in [9.17, 15) is 9.18 Å². The second kappa shape index (κ2) is 7.81. The van der Waals surface area contributed by atoms with Gasteiger partial charge in [0.15, 0.2) is 0 Å². The zero-order valence-corrected chi connectivity index (χ0v) is 19.3. The third-order valence-corrected chi connectivity index (χ3v) is 6.64. The number of nitrogens with zero attached hydrogens (tertiary/aromatic N) is 1. The Bertz CT molecular complexity index is 1750. The highest BCUT2D eigenvalue weighted by atomic mass is 19.1. The molecule has 0 saturated heterocycles. The van der Waals surface area contributed by atoms with E-state index in [1.165, 1.54) is 12.1 Å². The maximum atomic E-state index is 13.7. The van der Waals surface area contributed by atoms with Crippen molar-refractivity contribution in [2.24, 2.45) is 0 Å². The number of hydrogen-bond donors (Lipinski definition) is 2. The Labute approximate surface area is 200 Å². The number of furan rings is 2. The summed E-state index contributed by atoms with van der Waals surface area (Å²) < 4.78 is 19.9. The summed E-state index contributed by atoms with van der Waals surface area (Å²) in [5, 5.41) is 6.81. The van der Waals surface area contributed by atoms with Gasteiger partial charge >= 0.3 is 0 Å². The van der Waals surface area contributed by atoms with Crippen molar-refractivity contribution in [2.75, 3.05) is 5.73 Å². The number of nitrogens with one attached hydrogen (secondary N) is 1. The van der Waals surface area contributed by atoms with Crippen LogP contribution in [0, 0.1) is 19.7 Å². The maximum absolute atomic E-state index is 13.7. The van der Waals surface area contributed by atoms with Gasteiger partial charge in [0.05, 0.1) is 0 Å². The third kappa shape index (κ3) is 3.46. The van der Waals surface area contributed by atoms with Crippen molar-refractivity contribution < 1.29 is 13.6 Å². The zero-order chi connectivity index (χ0) is 24.3. The summed E-state index contributed by atoms with van der Waals surface area (Å²) in [6.07, 6.45) is 0. The number of halogens is 1. The number of amides is 1. The summed E-state index contributed by atoms with van der Waals surface area (Å²) in [4.78, 5) is 17.3. The van der Waals surface area contributed by atoms with Gasteiger partial charge in [0.25, 0.3) is 5.91 Å². The van der Waals surface area contributed by atoms with E-state index < -0.39 is 0 Å². The summed E-state index contributed by atoms with van der Waals surface area (Å²) in [6, 6.07) is 19.9. The van der Waals surface area contributed by atoms with Crippen LogP contribution >= 0.6 is 0 Å². The minimum absolute atomic E-state index is 0.175. The maximum Gasteiger partial charge on any atom is 0.251 e. The van der Waals surface area contributed by atoms with E-state index in [1.807, 2.05) is 56.3 Å². The molecule has 3 aromatic heterocycles. The van der Waals surface area contributed by atoms with Crippen molar-refractivity contribution in [1.82, 2.24) is 10.3 Å². The van der Waals surface area contributed by atoms with Crippen molar-refractivity contribution >= 4 is 44.4 Å². The highest BCUT2D eigenvalue weighted by molar-refractivity contribution is 6.26. The lowest BCUT2D eigenvalue weighted by Gasteiger charge is -2.11. The first kappa shape index (κ1) is 21.1. The van der Waals surface area contributed by atoms with Crippen LogP contribution in [0.25, 0.3) is 43.8 Å². The predicted molar refractivity (Wildman–Crippen MR) is 137 cm³/mol. The molecule has 172 valence electrons. The van der Waals surface area contributed by atoms with Crippen LogP contribution in [0.2, 0.25) is 0 Å². The largest absolute Gasteiger partial charge is 0.455 e. The number of rotatable bonds is 4. The van der Waals surface area contributed by atoms with E-state index in [1.54, 1.807) is 12.1 Å². The van der Waals surface area contributed by atoms with E-state index in [0.717, 1.165) is 60.7 Å². The Kier molecular flexibility index (Phi) is 4.71. The number of benzene rings is 4. The average molecular weight is 464 g/mol. The monoisotopic (exact) mass is 463 g/mol. The molecule has 0 aliphatic heterocycles. The first-order chi connectivity index (χ1) is 16.9. The molecule has 2 bridgehead atoms. The van der Waals surface area contributed by atoms with Crippen LogP contribution in [-0.2, 0) is 6.54 Å². The number of fused-ring (bicyclic) bond motifs is 8. The van der Waals surface area contributed by atoms with E-state index in [4.69, 9.17) is 10.2 Å². The normalized spacial score (nSPS) is 11.6. The predicted octanol–water partition coefficient (Wildman–Crippen LogP) is 6.51. The summed E-state index contributed by atoms with van der Waals surface area (Å²) in [5.41, 5.74) is 12.3. The molecule has 1 amide bonds. The van der Waals surface area contributed by atoms with Crippen LogP contribution in [0.3, 0.4) is 0 Å². The van der Waals surface area contributed by atoms with Crippen LogP contribution in [0.5, 0.6) is 0 Å². The Hall–Kier alpha value is -4.45. The van der Waals surface area contributed by atoms with Gasteiger partial charge in [-0.3, -0.25) is 4.79 Å². The third-order valence-electron chi connectivity index (χ3n) is 6.64. The molecule has 6 aromatic rings. The van der Waals surface area contributed by atoms with Crippen LogP contribution < -0.4 is 11.1 Å². The molecule has 6 rings (SSSR count). The molecule has 6 heteroatoms. The highest BCUT2D eigenvalue weighted by Gasteiger charge is 2.19. The number of anilines is 1. The van der Waals surface area contributed by atoms with Gasteiger partial charge in [0.1, 0.15) is 22.8 Å². The van der Waals surface area contributed by atoms with Crippen LogP contribution in [0.15, 0.2) is 71.1 Å². The minimum Gasteiger partial charge on any atom is -0.455 e. The number of hydrogen-bond acceptors (Lipinski definition) is 4. The molecule has 0 aliphatic carbocycles. The van der Waals surface area contributed by atoms with Crippen LogP contribution in [-0.4, -0.2) is 10.9 Å². The molecule has 0 unspecified atom stereocenters. The zero-order valence-electron chi connectivity index (χ0n) is 19.3. The Balaban J connectivity index is 1.35. The van der Waals surface area contributed by atoms with E-state index in [-0.39, 0.29) is 11.7 Å². The molecule has 0 spiro atoms. The standard InChI is InChI=1S/C29H22FN3O2/c1-15-10-26(31)33-16(2)25(15)14-32-29(34)19-7-9-22-24(13-19)28-23-12-18(6-8-21(23)27(22)35-28)17-4-3-5-20(30)11-17/h3-13H,14H2,1-2H3,(H2,31,33)(H,32,34). The number of nitrogen functional groups attached to an aromatic ring is 1. The van der Waals surface area contributed by atoms with Gasteiger partial charge in [-0.2, -0.15) is 0 Å². The van der Waals surface area contributed by atoms with Crippen molar-refractivity contribution in [1.29, 1.82) is 0 Å². The second-order valence-electron chi connectivity index (χ2n) is 8.90. The number of carbonyl (C=O) groups is 1. The molecule has 0 fully saturated rings. The second-order valence-corrected chi connectivity index (χ2v) is 8.90. The lowest BCUT2D eigenvalue weighted by Crippen LogP contribution is -2.24. The summed E-state index contributed by atoms with van der Waals surface area (Å²) >= 11 is 0. The summed E-state index contributed by atoms with van der Waals surface area (Å²) in [5.74, 6) is 0.0218. The van der Waals surface area contributed by atoms with Crippen LogP contribution in [0.4, 0.5) is 10.2 Å². The fourth-order valence-corrected chi connectivity index (χ4v) is 4.89. The van der Waals surface area contributed by atoms with E-state index in [0.29, 0.717) is 17.9 Å². The minimum atomic E-state index is -0.274. The van der Waals surface area contributed by atoms with E-state index in [2.05, 4.69) is 10.3 Å². The lowest BCUT2D eigenvalue weighted by molar-refractivity contribution is 0.0951. The highest BCUT2D eigenvalue weighted by Crippen LogP contribution is 2.42. The molecule has 3 N–H and O–H groups in total. The molecule has 0 atom stereocenters. The van der Waals surface area contributed by atoms with Crippen molar-refractivity contribution in [3.8, 4) is 11.1 Å². The molecule has 35 heavy (non-hydrogen) atoms. The van der Waals surface area contributed by atoms with Gasteiger partial charge in [0.2, 0.25) is 0 Å². The van der Waals surface area contributed by atoms with Crippen molar-refractivity contribution in [2.45, 2.75) is 20.4 Å². The molecule has 0 radical (unpaired) electrons. The average Bonchev–Trinajstić information content (AvgIpc) is 3.40. The van der Waals surface area contributed by atoms with Crippen molar-refractivity contribution in [3.63, 3.8) is 0 Å². The number of aromatic nitrogens is 1. The first-order valence-corrected chi connectivity index (χ1v) is 11.4. The number of carbonyl (C=O) groups excluding carboxylic acids is 1. The molecule has 3 aromatic carbocycles.